The number of aliphatic carboxylic acids is 2. The molecule has 3 aliphatic heterocycles. The largest absolute Gasteiger partial charge is 0.543 e. The molecule has 20 heteroatoms. The summed E-state index contributed by atoms with van der Waals surface area (Å²) in [5.74, 6) is -4.09. The van der Waals surface area contributed by atoms with E-state index in [9.17, 15) is 34.5 Å². The summed E-state index contributed by atoms with van der Waals surface area (Å²) in [7, 11) is 1.42. The maximum Gasteiger partial charge on any atom is 0.350 e. The van der Waals surface area contributed by atoms with Crippen molar-refractivity contribution >= 4 is 86.5 Å². The van der Waals surface area contributed by atoms with Crippen LogP contribution in [0.25, 0.3) is 0 Å². The number of ether oxygens (including phenoxy) is 1. The first kappa shape index (κ1) is 38.1. The number of hydrogen-bond acceptors (Lipinski definition) is 14. The number of carbonyl (C=O) groups excluding carboxylic acids is 3. The zero-order chi connectivity index (χ0) is 37.2. The third kappa shape index (κ3) is 7.86. The predicted molar refractivity (Wildman–Crippen MR) is 191 cm³/mol. The van der Waals surface area contributed by atoms with Gasteiger partial charge in [0, 0.05) is 35.1 Å². The number of nitrogen functional groups attached to an aromatic ring is 1. The first-order chi connectivity index (χ1) is 24.1. The molecule has 0 unspecified atom stereocenters. The molecule has 1 aromatic carbocycles. The van der Waals surface area contributed by atoms with Crippen LogP contribution in [0.4, 0.5) is 5.13 Å². The van der Waals surface area contributed by atoms with Crippen LogP contribution in [0.3, 0.4) is 0 Å². The molecule has 0 saturated carbocycles. The van der Waals surface area contributed by atoms with Crippen molar-refractivity contribution in [3.8, 4) is 11.5 Å². The van der Waals surface area contributed by atoms with Gasteiger partial charge in [-0.3, -0.25) is 14.5 Å². The van der Waals surface area contributed by atoms with Crippen molar-refractivity contribution < 1.29 is 48.6 Å². The summed E-state index contributed by atoms with van der Waals surface area (Å²) in [4.78, 5) is 61.6. The van der Waals surface area contributed by atoms with Gasteiger partial charge in [0.15, 0.2) is 22.3 Å². The summed E-state index contributed by atoms with van der Waals surface area (Å²) in [5, 5.41) is 42.7. The van der Waals surface area contributed by atoms with Crippen LogP contribution < -0.4 is 26.2 Å². The van der Waals surface area contributed by atoms with Crippen molar-refractivity contribution in [3.63, 3.8) is 0 Å². The standard InChI is InChI=1S/C31H36ClN7O9S3/c1-31(2,29(45)46)48-37-20(17-14-51-30(33)35-17)24(41)36-21-26(42)38-22(28(43)44)15(13-50-27(21)38)12-39(9-4-5-10-39)11-8-34-25(49)16-6-7-18(47-3)23(40)19(16)32/h6-7,14,21,27H,4-5,8-13H2,1-3H3,(H6-,33,34,35,36,40,41,43,44,45,46,49)/b37-20-/t21-,27-/m1/s1. The Balaban J connectivity index is 1.29. The lowest BCUT2D eigenvalue weighted by atomic mass is 10.0. The van der Waals surface area contributed by atoms with E-state index in [4.69, 9.17) is 39.1 Å². The van der Waals surface area contributed by atoms with E-state index in [-0.39, 0.29) is 38.8 Å². The Morgan fingerprint density at radius 1 is 1.29 bits per heavy atom. The average molecular weight is 782 g/mol. The number of quaternary nitrogens is 1. The van der Waals surface area contributed by atoms with E-state index >= 15 is 0 Å². The molecule has 6 N–H and O–H groups in total. The van der Waals surface area contributed by atoms with Crippen molar-refractivity contribution in [2.45, 2.75) is 43.7 Å². The maximum atomic E-state index is 13.5. The van der Waals surface area contributed by atoms with Crippen molar-refractivity contribution in [1.82, 2.24) is 20.5 Å². The highest BCUT2D eigenvalue weighted by Gasteiger charge is 2.54. The van der Waals surface area contributed by atoms with Crippen LogP contribution in [0.5, 0.6) is 11.5 Å². The second-order valence-electron chi connectivity index (χ2n) is 12.6. The number of thiocarbonyl (C=S) groups is 1. The summed E-state index contributed by atoms with van der Waals surface area (Å²) in [5.41, 5.74) is 4.33. The summed E-state index contributed by atoms with van der Waals surface area (Å²) in [6, 6.07) is 2.10. The fourth-order valence-electron chi connectivity index (χ4n) is 6.06. The van der Waals surface area contributed by atoms with Crippen LogP contribution in [-0.2, 0) is 24.0 Å². The molecule has 4 heterocycles. The van der Waals surface area contributed by atoms with Gasteiger partial charge in [-0.2, -0.15) is 0 Å². The Morgan fingerprint density at radius 2 is 2.00 bits per heavy atom. The monoisotopic (exact) mass is 781 g/mol. The number of aromatic nitrogens is 1. The number of benzene rings is 1. The number of thiazole rings is 1. The summed E-state index contributed by atoms with van der Waals surface area (Å²) < 4.78 is 5.65. The highest BCUT2D eigenvalue weighted by Crippen LogP contribution is 2.41. The first-order valence-corrected chi connectivity index (χ1v) is 18.4. The molecular weight excluding hydrogens is 746 g/mol. The molecule has 0 radical (unpaired) electrons. The normalized spacial score (nSPS) is 20.0. The number of hydrogen-bond donors (Lipinski definition) is 5. The molecule has 5 rings (SSSR count). The van der Waals surface area contributed by atoms with Crippen LogP contribution in [0.2, 0.25) is 5.02 Å². The number of β-lactam (4-membered cyclic amide) rings is 1. The Bertz CT molecular complexity index is 1830. The highest BCUT2D eigenvalue weighted by atomic mass is 35.5. The number of aromatic hydroxyl groups is 1. The van der Waals surface area contributed by atoms with Crippen LogP contribution in [-0.4, -0.2) is 122 Å². The van der Waals surface area contributed by atoms with Gasteiger partial charge in [-0.25, -0.2) is 9.78 Å². The van der Waals surface area contributed by atoms with Gasteiger partial charge in [0.1, 0.15) is 28.6 Å². The van der Waals surface area contributed by atoms with E-state index in [0.717, 1.165) is 42.2 Å². The predicted octanol–water partition coefficient (Wildman–Crippen LogP) is 0.657. The third-order valence-corrected chi connectivity index (χ3v) is 11.6. The summed E-state index contributed by atoms with van der Waals surface area (Å²) >= 11 is 14.2. The van der Waals surface area contributed by atoms with Gasteiger partial charge in [0.05, 0.1) is 50.0 Å². The molecule has 0 aliphatic carbocycles. The third-order valence-electron chi connectivity index (χ3n) is 8.84. The molecule has 2 saturated heterocycles. The summed E-state index contributed by atoms with van der Waals surface area (Å²) in [6.45, 7) is 5.44. The lowest BCUT2D eigenvalue weighted by Crippen LogP contribution is -2.72. The lowest BCUT2D eigenvalue weighted by Gasteiger charge is -2.51. The van der Waals surface area contributed by atoms with E-state index in [2.05, 4.69) is 20.8 Å². The van der Waals surface area contributed by atoms with E-state index in [1.165, 1.54) is 38.1 Å². The number of halogens is 1. The number of carboxylic acid groups (broad SMARTS) is 2. The molecule has 51 heavy (non-hydrogen) atoms. The number of phenols is 1. The number of nitrogens with zero attached hydrogens (tertiary/aromatic N) is 4. The molecule has 0 bridgehead atoms. The smallest absolute Gasteiger partial charge is 0.350 e. The number of methoxy groups -OCH3 is 1. The Labute approximate surface area is 311 Å². The topological polar surface area (TPSA) is 229 Å². The van der Waals surface area contributed by atoms with Crippen molar-refractivity contribution in [2.24, 2.45) is 5.16 Å². The second-order valence-corrected chi connectivity index (χ2v) is 15.4. The molecule has 3 aliphatic rings. The van der Waals surface area contributed by atoms with Crippen LogP contribution in [0, 0.1) is 0 Å². The number of thioether (sulfide) groups is 1. The average Bonchev–Trinajstić information content (AvgIpc) is 3.73. The summed E-state index contributed by atoms with van der Waals surface area (Å²) in [6.07, 6.45) is 1.87. The molecule has 2 fully saturated rings. The van der Waals surface area contributed by atoms with E-state index in [1.54, 1.807) is 12.1 Å². The lowest BCUT2D eigenvalue weighted by molar-refractivity contribution is -0.911. The van der Waals surface area contributed by atoms with Crippen LogP contribution in [0.1, 0.15) is 37.9 Å². The quantitative estimate of drug-likeness (QED) is 0.0584. The molecule has 2 atom stereocenters. The molecule has 1 aromatic heterocycles. The van der Waals surface area contributed by atoms with Gasteiger partial charge >= 0.3 is 5.97 Å². The van der Waals surface area contributed by atoms with Crippen molar-refractivity contribution in [1.29, 1.82) is 0 Å². The van der Waals surface area contributed by atoms with Gasteiger partial charge in [0.25, 0.3) is 11.8 Å². The fraction of sp³-hybridized carbons (Fsp3) is 0.452. The number of nitrogens with one attached hydrogen (secondary N) is 2. The zero-order valence-electron chi connectivity index (χ0n) is 27.8. The van der Waals surface area contributed by atoms with Gasteiger partial charge in [-0.1, -0.05) is 29.0 Å². The number of nitrogens with two attached hydrogens (primary N) is 1. The van der Waals surface area contributed by atoms with E-state index in [0.29, 0.717) is 40.2 Å². The van der Waals surface area contributed by atoms with Gasteiger partial charge in [-0.15, -0.1) is 23.1 Å². The van der Waals surface area contributed by atoms with Gasteiger partial charge in [-0.05, 0) is 26.0 Å². The highest BCUT2D eigenvalue weighted by molar-refractivity contribution is 8.00. The Kier molecular flexibility index (Phi) is 11.4. The van der Waals surface area contributed by atoms with Crippen molar-refractivity contribution in [3.05, 3.63) is 45.1 Å². The Hall–Kier alpha value is -4.17. The second kappa shape index (κ2) is 15.2. The minimum absolute atomic E-state index is 0.00819. The maximum absolute atomic E-state index is 13.5. The number of oxime groups is 1. The minimum Gasteiger partial charge on any atom is -0.543 e. The van der Waals surface area contributed by atoms with Gasteiger partial charge in [0.2, 0.25) is 5.60 Å². The van der Waals surface area contributed by atoms with Crippen LogP contribution in [0.15, 0.2) is 33.9 Å². The number of likely N-dealkylation sites (tertiary alicyclic amines) is 1. The molecule has 2 aromatic rings. The molecule has 2 amide bonds. The number of carboxylic acids is 2. The van der Waals surface area contributed by atoms with Gasteiger partial charge < -0.3 is 50.5 Å². The zero-order valence-corrected chi connectivity index (χ0v) is 31.0. The number of amides is 2. The first-order valence-electron chi connectivity index (χ1n) is 15.7. The Morgan fingerprint density at radius 3 is 2.61 bits per heavy atom. The SMILES string of the molecule is COc1ccc(C(=S)NCC[N+]2(CC3=C(C(=O)[O-])N4C(=O)[C@@H](NC(=O)/C(=N\OC(C)(C)C(=O)O)c5csc(N)n5)[C@H]4SC3)CCCC2)c(Cl)c1O. The molecular formula is C31H36ClN7O9S3. The van der Waals surface area contributed by atoms with Crippen molar-refractivity contribution in [2.75, 3.05) is 51.3 Å². The number of phenolic OH excluding ortho intramolecular Hbond substituents is 1. The minimum atomic E-state index is -1.79. The molecule has 0 spiro atoms. The number of rotatable bonds is 14. The molecule has 16 nitrogen and oxygen atoms in total. The van der Waals surface area contributed by atoms with E-state index < -0.39 is 46.5 Å². The van der Waals surface area contributed by atoms with Crippen LogP contribution >= 0.6 is 46.9 Å². The fourth-order valence-corrected chi connectivity index (χ4v) is 8.53. The number of carbonyl (C=O) groups is 4. The number of fused-ring (bicyclic) bond motifs is 1. The van der Waals surface area contributed by atoms with E-state index in [1.807, 2.05) is 0 Å². The number of anilines is 1. The molecule has 274 valence electrons.